The zero-order valence-electron chi connectivity index (χ0n) is 16.3. The lowest BCUT2D eigenvalue weighted by Crippen LogP contribution is -2.19. The quantitative estimate of drug-likeness (QED) is 0.288. The van der Waals surface area contributed by atoms with Gasteiger partial charge in [0.15, 0.2) is 0 Å². The highest BCUT2D eigenvalue weighted by atomic mass is 79.9. The summed E-state index contributed by atoms with van der Waals surface area (Å²) in [5.41, 5.74) is 4.71. The Labute approximate surface area is 192 Å². The van der Waals surface area contributed by atoms with Gasteiger partial charge in [-0.05, 0) is 48.9 Å². The Balaban J connectivity index is 1.73. The molecular formula is C23H20Br2N2O3. The second kappa shape index (κ2) is 10.9. The van der Waals surface area contributed by atoms with Crippen LogP contribution in [0.1, 0.15) is 28.4 Å². The molecule has 0 radical (unpaired) electrons. The van der Waals surface area contributed by atoms with Crippen molar-refractivity contribution >= 4 is 44.0 Å². The van der Waals surface area contributed by atoms with Crippen LogP contribution in [-0.2, 0) is 6.61 Å². The molecule has 0 heterocycles. The van der Waals surface area contributed by atoms with Crippen LogP contribution in [0.5, 0.6) is 11.5 Å². The predicted molar refractivity (Wildman–Crippen MR) is 125 cm³/mol. The summed E-state index contributed by atoms with van der Waals surface area (Å²) in [6.45, 7) is 2.81. The van der Waals surface area contributed by atoms with Crippen LogP contribution in [0, 0.1) is 0 Å². The Morgan fingerprint density at radius 1 is 0.967 bits per heavy atom. The third-order valence-corrected chi connectivity index (χ3v) is 5.05. The lowest BCUT2D eigenvalue weighted by atomic mass is 10.2. The van der Waals surface area contributed by atoms with Crippen molar-refractivity contribution in [2.45, 2.75) is 13.5 Å². The molecular weight excluding hydrogens is 512 g/mol. The number of benzene rings is 3. The molecule has 0 unspecified atom stereocenters. The normalized spacial score (nSPS) is 10.8. The largest absolute Gasteiger partial charge is 0.493 e. The SMILES string of the molecule is CCOc1ccc(Br)cc1/C=N\NC(=O)c1cc(Br)ccc1OCc1ccccc1. The number of amides is 1. The predicted octanol–water partition coefficient (Wildman–Crippen LogP) is 5.95. The number of hydrogen-bond acceptors (Lipinski definition) is 4. The van der Waals surface area contributed by atoms with Gasteiger partial charge in [0.1, 0.15) is 18.1 Å². The van der Waals surface area contributed by atoms with E-state index in [0.29, 0.717) is 30.3 Å². The number of nitrogens with zero attached hydrogens (tertiary/aromatic N) is 1. The molecule has 1 N–H and O–H groups in total. The number of hydrogen-bond donors (Lipinski definition) is 1. The molecule has 0 saturated heterocycles. The Morgan fingerprint density at radius 2 is 1.67 bits per heavy atom. The Bertz CT molecular complexity index is 1040. The second-order valence-electron chi connectivity index (χ2n) is 6.23. The van der Waals surface area contributed by atoms with Crippen molar-refractivity contribution in [3.8, 4) is 11.5 Å². The van der Waals surface area contributed by atoms with Gasteiger partial charge >= 0.3 is 0 Å². The molecule has 3 aromatic rings. The van der Waals surface area contributed by atoms with E-state index in [-0.39, 0.29) is 5.91 Å². The molecule has 7 heteroatoms. The van der Waals surface area contributed by atoms with Crippen LogP contribution in [0.2, 0.25) is 0 Å². The third kappa shape index (κ3) is 6.18. The van der Waals surface area contributed by atoms with E-state index in [1.807, 2.05) is 61.5 Å². The first kappa shape index (κ1) is 22.1. The van der Waals surface area contributed by atoms with E-state index in [1.54, 1.807) is 18.3 Å². The average Bonchev–Trinajstić information content (AvgIpc) is 2.75. The van der Waals surface area contributed by atoms with E-state index in [0.717, 1.165) is 20.1 Å². The zero-order valence-corrected chi connectivity index (χ0v) is 19.4. The third-order valence-electron chi connectivity index (χ3n) is 4.06. The van der Waals surface area contributed by atoms with Crippen molar-refractivity contribution in [3.63, 3.8) is 0 Å². The second-order valence-corrected chi connectivity index (χ2v) is 8.06. The van der Waals surface area contributed by atoms with Crippen LogP contribution in [-0.4, -0.2) is 18.7 Å². The molecule has 0 aliphatic rings. The number of carbonyl (C=O) groups excluding carboxylic acids is 1. The molecule has 1 amide bonds. The first-order valence-corrected chi connectivity index (χ1v) is 10.9. The number of ether oxygens (including phenoxy) is 2. The van der Waals surface area contributed by atoms with Gasteiger partial charge in [-0.25, -0.2) is 5.43 Å². The summed E-state index contributed by atoms with van der Waals surface area (Å²) in [6, 6.07) is 20.7. The maximum absolute atomic E-state index is 12.7. The van der Waals surface area contributed by atoms with Crippen molar-refractivity contribution in [3.05, 3.63) is 92.4 Å². The van der Waals surface area contributed by atoms with E-state index in [2.05, 4.69) is 42.4 Å². The summed E-state index contributed by atoms with van der Waals surface area (Å²) in [4.78, 5) is 12.7. The summed E-state index contributed by atoms with van der Waals surface area (Å²) in [5.74, 6) is 0.795. The van der Waals surface area contributed by atoms with Gasteiger partial charge in [-0.2, -0.15) is 5.10 Å². The molecule has 3 aromatic carbocycles. The fourth-order valence-corrected chi connectivity index (χ4v) is 3.41. The maximum atomic E-state index is 12.7. The molecule has 0 fully saturated rings. The number of carbonyl (C=O) groups is 1. The minimum atomic E-state index is -0.372. The Hall–Kier alpha value is -2.64. The summed E-state index contributed by atoms with van der Waals surface area (Å²) < 4.78 is 13.1. The van der Waals surface area contributed by atoms with Crippen LogP contribution in [0.3, 0.4) is 0 Å². The molecule has 0 aliphatic heterocycles. The molecule has 5 nitrogen and oxygen atoms in total. The highest BCUT2D eigenvalue weighted by molar-refractivity contribution is 9.10. The molecule has 0 saturated carbocycles. The van der Waals surface area contributed by atoms with Crippen molar-refractivity contribution in [2.75, 3.05) is 6.61 Å². The van der Waals surface area contributed by atoms with E-state index < -0.39 is 0 Å². The van der Waals surface area contributed by atoms with Crippen molar-refractivity contribution in [2.24, 2.45) is 5.10 Å². The van der Waals surface area contributed by atoms with Gasteiger partial charge in [0.25, 0.3) is 5.91 Å². The van der Waals surface area contributed by atoms with Crippen LogP contribution < -0.4 is 14.9 Å². The van der Waals surface area contributed by atoms with Gasteiger partial charge in [0.05, 0.1) is 18.4 Å². The molecule has 30 heavy (non-hydrogen) atoms. The van der Waals surface area contributed by atoms with Crippen LogP contribution in [0.4, 0.5) is 0 Å². The monoisotopic (exact) mass is 530 g/mol. The minimum absolute atomic E-state index is 0.363. The number of nitrogens with one attached hydrogen (secondary N) is 1. The van der Waals surface area contributed by atoms with Gasteiger partial charge in [-0.15, -0.1) is 0 Å². The zero-order chi connectivity index (χ0) is 21.3. The number of halogens is 2. The Kier molecular flexibility index (Phi) is 8.04. The van der Waals surface area contributed by atoms with Crippen molar-refractivity contribution in [1.29, 1.82) is 0 Å². The minimum Gasteiger partial charge on any atom is -0.493 e. The highest BCUT2D eigenvalue weighted by Gasteiger charge is 2.13. The molecule has 0 bridgehead atoms. The van der Waals surface area contributed by atoms with Gasteiger partial charge in [0.2, 0.25) is 0 Å². The summed E-state index contributed by atoms with van der Waals surface area (Å²) in [6.07, 6.45) is 1.55. The van der Waals surface area contributed by atoms with Gasteiger partial charge < -0.3 is 9.47 Å². The average molecular weight is 532 g/mol. The van der Waals surface area contributed by atoms with E-state index in [4.69, 9.17) is 9.47 Å². The topological polar surface area (TPSA) is 59.9 Å². The van der Waals surface area contributed by atoms with Crippen LogP contribution >= 0.6 is 31.9 Å². The van der Waals surface area contributed by atoms with Gasteiger partial charge in [0, 0.05) is 14.5 Å². The molecule has 0 spiro atoms. The number of hydrazone groups is 1. The van der Waals surface area contributed by atoms with E-state index in [9.17, 15) is 4.79 Å². The molecule has 0 atom stereocenters. The Morgan fingerprint density at radius 3 is 2.40 bits per heavy atom. The summed E-state index contributed by atoms with van der Waals surface area (Å²) in [5, 5.41) is 4.09. The molecule has 154 valence electrons. The lowest BCUT2D eigenvalue weighted by molar-refractivity contribution is 0.0950. The van der Waals surface area contributed by atoms with Gasteiger partial charge in [-0.1, -0.05) is 62.2 Å². The van der Waals surface area contributed by atoms with E-state index >= 15 is 0 Å². The summed E-state index contributed by atoms with van der Waals surface area (Å²) >= 11 is 6.84. The van der Waals surface area contributed by atoms with Crippen molar-refractivity contribution in [1.82, 2.24) is 5.43 Å². The van der Waals surface area contributed by atoms with Crippen LogP contribution in [0.15, 0.2) is 80.8 Å². The number of rotatable bonds is 8. The maximum Gasteiger partial charge on any atom is 0.275 e. The highest BCUT2D eigenvalue weighted by Crippen LogP contribution is 2.25. The summed E-state index contributed by atoms with van der Waals surface area (Å²) in [7, 11) is 0. The molecule has 0 aromatic heterocycles. The van der Waals surface area contributed by atoms with Crippen molar-refractivity contribution < 1.29 is 14.3 Å². The van der Waals surface area contributed by atoms with E-state index in [1.165, 1.54) is 0 Å². The standard InChI is InChI=1S/C23H20Br2N2O3/c1-2-29-21-10-8-18(24)12-17(21)14-26-27-23(28)20-13-19(25)9-11-22(20)30-15-16-6-4-3-5-7-16/h3-14H,2,15H2,1H3,(H,27,28)/b26-14-. The van der Waals surface area contributed by atoms with Crippen LogP contribution in [0.25, 0.3) is 0 Å². The fourth-order valence-electron chi connectivity index (χ4n) is 2.67. The molecule has 3 rings (SSSR count). The first-order valence-electron chi connectivity index (χ1n) is 9.29. The first-order chi connectivity index (χ1) is 14.6. The lowest BCUT2D eigenvalue weighted by Gasteiger charge is -2.11. The smallest absolute Gasteiger partial charge is 0.275 e. The van der Waals surface area contributed by atoms with Gasteiger partial charge in [-0.3, -0.25) is 4.79 Å². The molecule has 0 aliphatic carbocycles. The fraction of sp³-hybridized carbons (Fsp3) is 0.130.